The van der Waals surface area contributed by atoms with Gasteiger partial charge in [-0.25, -0.2) is 4.39 Å². The summed E-state index contributed by atoms with van der Waals surface area (Å²) in [5.74, 6) is -0.0460. The SMILES string of the molecule is CN/N=C(C)/C(F)=C(/OC)C(C)C. The van der Waals surface area contributed by atoms with E-state index in [-0.39, 0.29) is 5.92 Å². The molecular weight excluding hydrogens is 171 g/mol. The van der Waals surface area contributed by atoms with Crippen molar-refractivity contribution in [1.29, 1.82) is 0 Å². The van der Waals surface area contributed by atoms with Gasteiger partial charge in [0.05, 0.1) is 12.8 Å². The van der Waals surface area contributed by atoms with E-state index in [4.69, 9.17) is 4.74 Å². The lowest BCUT2D eigenvalue weighted by atomic mass is 10.1. The molecule has 0 bridgehead atoms. The predicted octanol–water partition coefficient (Wildman–Crippen LogP) is 2.07. The Labute approximate surface area is 78.7 Å². The first-order chi connectivity index (χ1) is 6.04. The fourth-order valence-corrected chi connectivity index (χ4v) is 0.974. The third-order valence-corrected chi connectivity index (χ3v) is 1.56. The number of nitrogens with zero attached hydrogens (tertiary/aromatic N) is 1. The molecule has 0 saturated carbocycles. The van der Waals surface area contributed by atoms with Crippen molar-refractivity contribution in [2.75, 3.05) is 14.2 Å². The maximum absolute atomic E-state index is 13.5. The third kappa shape index (κ3) is 3.44. The molecule has 0 radical (unpaired) electrons. The Balaban J connectivity index is 4.85. The fourth-order valence-electron chi connectivity index (χ4n) is 0.974. The second-order valence-electron chi connectivity index (χ2n) is 2.96. The van der Waals surface area contributed by atoms with Crippen LogP contribution in [0.1, 0.15) is 20.8 Å². The molecular formula is C9H17FN2O. The van der Waals surface area contributed by atoms with Crippen molar-refractivity contribution in [3.63, 3.8) is 0 Å². The van der Waals surface area contributed by atoms with Crippen LogP contribution in [0.15, 0.2) is 16.7 Å². The normalized spacial score (nSPS) is 14.2. The molecule has 0 aliphatic rings. The Morgan fingerprint density at radius 3 is 2.31 bits per heavy atom. The molecule has 0 unspecified atom stereocenters. The second kappa shape index (κ2) is 5.56. The minimum Gasteiger partial charge on any atom is -0.498 e. The van der Waals surface area contributed by atoms with Gasteiger partial charge in [-0.05, 0) is 6.92 Å². The van der Waals surface area contributed by atoms with Gasteiger partial charge in [-0.15, -0.1) is 0 Å². The Hall–Kier alpha value is -1.06. The zero-order valence-electron chi connectivity index (χ0n) is 8.81. The summed E-state index contributed by atoms with van der Waals surface area (Å²) in [4.78, 5) is 0. The van der Waals surface area contributed by atoms with E-state index < -0.39 is 5.83 Å². The van der Waals surface area contributed by atoms with E-state index in [9.17, 15) is 4.39 Å². The van der Waals surface area contributed by atoms with Crippen LogP contribution < -0.4 is 5.43 Å². The highest BCUT2D eigenvalue weighted by molar-refractivity contribution is 5.96. The van der Waals surface area contributed by atoms with Crippen LogP contribution in [-0.4, -0.2) is 19.9 Å². The minimum absolute atomic E-state index is 0.0204. The number of allylic oxidation sites excluding steroid dienone is 2. The van der Waals surface area contributed by atoms with Crippen LogP contribution in [0.5, 0.6) is 0 Å². The summed E-state index contributed by atoms with van der Waals surface area (Å²) in [6, 6.07) is 0. The number of halogens is 1. The lowest BCUT2D eigenvalue weighted by Crippen LogP contribution is -2.08. The van der Waals surface area contributed by atoms with Gasteiger partial charge in [0.2, 0.25) is 0 Å². The summed E-state index contributed by atoms with van der Waals surface area (Å²) in [6.45, 7) is 5.32. The van der Waals surface area contributed by atoms with Crippen LogP contribution in [0.4, 0.5) is 4.39 Å². The molecule has 4 heteroatoms. The van der Waals surface area contributed by atoms with Crippen LogP contribution in [0.2, 0.25) is 0 Å². The molecule has 0 aliphatic heterocycles. The van der Waals surface area contributed by atoms with Gasteiger partial charge in [0, 0.05) is 13.0 Å². The number of nitrogens with one attached hydrogen (secondary N) is 1. The summed E-state index contributed by atoms with van der Waals surface area (Å²) in [5, 5.41) is 3.73. The van der Waals surface area contributed by atoms with E-state index in [0.717, 1.165) is 0 Å². The molecule has 0 aromatic carbocycles. The van der Waals surface area contributed by atoms with Gasteiger partial charge in [-0.1, -0.05) is 13.8 Å². The first-order valence-electron chi connectivity index (χ1n) is 4.19. The van der Waals surface area contributed by atoms with E-state index in [2.05, 4.69) is 10.5 Å². The van der Waals surface area contributed by atoms with Gasteiger partial charge in [-0.3, -0.25) is 0 Å². The first-order valence-corrected chi connectivity index (χ1v) is 4.19. The average molecular weight is 188 g/mol. The molecule has 76 valence electrons. The molecule has 0 heterocycles. The van der Waals surface area contributed by atoms with Crippen molar-refractivity contribution in [2.45, 2.75) is 20.8 Å². The topological polar surface area (TPSA) is 33.6 Å². The number of rotatable bonds is 4. The molecule has 13 heavy (non-hydrogen) atoms. The summed E-state index contributed by atoms with van der Waals surface area (Å²) in [6.07, 6.45) is 0. The van der Waals surface area contributed by atoms with Crippen LogP contribution in [0.25, 0.3) is 0 Å². The molecule has 0 rings (SSSR count). The molecule has 0 aliphatic carbocycles. The highest BCUT2D eigenvalue weighted by Crippen LogP contribution is 2.17. The lowest BCUT2D eigenvalue weighted by Gasteiger charge is -2.11. The Morgan fingerprint density at radius 2 is 2.00 bits per heavy atom. The third-order valence-electron chi connectivity index (χ3n) is 1.56. The van der Waals surface area contributed by atoms with Gasteiger partial charge >= 0.3 is 0 Å². The van der Waals surface area contributed by atoms with Crippen LogP contribution >= 0.6 is 0 Å². The first kappa shape index (κ1) is 11.9. The molecule has 0 atom stereocenters. The predicted molar refractivity (Wildman–Crippen MR) is 52.1 cm³/mol. The molecule has 1 N–H and O–H groups in total. The number of hydrogen-bond donors (Lipinski definition) is 1. The maximum atomic E-state index is 13.5. The van der Waals surface area contributed by atoms with E-state index in [1.54, 1.807) is 14.0 Å². The highest BCUT2D eigenvalue weighted by Gasteiger charge is 2.13. The summed E-state index contributed by atoms with van der Waals surface area (Å²) >= 11 is 0. The molecule has 0 fully saturated rings. The highest BCUT2D eigenvalue weighted by atomic mass is 19.1. The molecule has 0 amide bonds. The van der Waals surface area contributed by atoms with Crippen molar-refractivity contribution in [1.82, 2.24) is 5.43 Å². The van der Waals surface area contributed by atoms with Gasteiger partial charge in [0.25, 0.3) is 0 Å². The molecule has 0 aromatic heterocycles. The fraction of sp³-hybridized carbons (Fsp3) is 0.667. The minimum atomic E-state index is -0.396. The summed E-state index contributed by atoms with van der Waals surface area (Å²) in [7, 11) is 3.08. The van der Waals surface area contributed by atoms with E-state index in [0.29, 0.717) is 11.5 Å². The van der Waals surface area contributed by atoms with Gasteiger partial charge in [0.15, 0.2) is 5.83 Å². The van der Waals surface area contributed by atoms with Crippen molar-refractivity contribution in [3.8, 4) is 0 Å². The van der Waals surface area contributed by atoms with Crippen LogP contribution in [0.3, 0.4) is 0 Å². The second-order valence-corrected chi connectivity index (χ2v) is 2.96. The lowest BCUT2D eigenvalue weighted by molar-refractivity contribution is 0.241. The molecule has 0 spiro atoms. The van der Waals surface area contributed by atoms with E-state index >= 15 is 0 Å². The van der Waals surface area contributed by atoms with Crippen molar-refractivity contribution < 1.29 is 9.13 Å². The van der Waals surface area contributed by atoms with Crippen LogP contribution in [-0.2, 0) is 4.74 Å². The van der Waals surface area contributed by atoms with Crippen molar-refractivity contribution in [3.05, 3.63) is 11.6 Å². The average Bonchev–Trinajstić information content (AvgIpc) is 2.05. The van der Waals surface area contributed by atoms with Gasteiger partial charge in [-0.2, -0.15) is 5.10 Å². The Bertz CT molecular complexity index is 222. The number of ether oxygens (including phenoxy) is 1. The zero-order chi connectivity index (χ0) is 10.4. The number of hydrazone groups is 1. The van der Waals surface area contributed by atoms with Crippen LogP contribution in [0, 0.1) is 5.92 Å². The zero-order valence-corrected chi connectivity index (χ0v) is 8.81. The number of hydrogen-bond acceptors (Lipinski definition) is 3. The standard InChI is InChI=1S/C9H17FN2O/c1-6(2)9(13-5)8(10)7(3)12-11-4/h6,11H,1-5H3/b9-8-,12-7+. The largest absolute Gasteiger partial charge is 0.498 e. The summed E-state index contributed by atoms with van der Waals surface area (Å²) < 4.78 is 18.4. The van der Waals surface area contributed by atoms with E-state index in [1.807, 2.05) is 13.8 Å². The van der Waals surface area contributed by atoms with Gasteiger partial charge in [0.1, 0.15) is 5.76 Å². The Morgan fingerprint density at radius 1 is 1.46 bits per heavy atom. The molecule has 0 saturated heterocycles. The van der Waals surface area contributed by atoms with Crippen molar-refractivity contribution >= 4 is 5.71 Å². The summed E-state index contributed by atoms with van der Waals surface area (Å²) in [5.41, 5.74) is 2.82. The number of methoxy groups -OCH3 is 1. The monoisotopic (exact) mass is 188 g/mol. The quantitative estimate of drug-likeness (QED) is 0.416. The molecule has 3 nitrogen and oxygen atoms in total. The smallest absolute Gasteiger partial charge is 0.183 e. The maximum Gasteiger partial charge on any atom is 0.183 e. The van der Waals surface area contributed by atoms with Crippen molar-refractivity contribution in [2.24, 2.45) is 11.0 Å². The molecule has 0 aromatic rings. The van der Waals surface area contributed by atoms with Gasteiger partial charge < -0.3 is 10.2 Å². The van der Waals surface area contributed by atoms with E-state index in [1.165, 1.54) is 7.11 Å². The Kier molecular flexibility index (Phi) is 5.11.